The number of hydrogen-bond donors (Lipinski definition) is 1. The largest absolute Gasteiger partial charge is 0.444 e. The molecule has 12 heteroatoms. The summed E-state index contributed by atoms with van der Waals surface area (Å²) in [6.45, 7) is 8.73. The van der Waals surface area contributed by atoms with Crippen LogP contribution in [0.4, 0.5) is 10.7 Å². The summed E-state index contributed by atoms with van der Waals surface area (Å²) in [7, 11) is 1.63. The first kappa shape index (κ1) is 31.3. The van der Waals surface area contributed by atoms with E-state index in [9.17, 15) is 14.4 Å². The van der Waals surface area contributed by atoms with Gasteiger partial charge in [-0.1, -0.05) is 54.1 Å². The fourth-order valence-corrected chi connectivity index (χ4v) is 6.32. The summed E-state index contributed by atoms with van der Waals surface area (Å²) in [5.41, 5.74) is 1.24. The van der Waals surface area contributed by atoms with Crippen LogP contribution in [-0.2, 0) is 24.9 Å². The zero-order chi connectivity index (χ0) is 32.7. The predicted molar refractivity (Wildman–Crippen MR) is 180 cm³/mol. The summed E-state index contributed by atoms with van der Waals surface area (Å²) >= 11 is 6.61. The minimum absolute atomic E-state index is 0.00183. The summed E-state index contributed by atoms with van der Waals surface area (Å²) in [5, 5.41) is 5.41. The van der Waals surface area contributed by atoms with Crippen molar-refractivity contribution < 1.29 is 9.53 Å². The lowest BCUT2D eigenvalue weighted by Crippen LogP contribution is -2.49. The van der Waals surface area contributed by atoms with Gasteiger partial charge in [0.05, 0.1) is 18.8 Å². The van der Waals surface area contributed by atoms with Crippen LogP contribution in [0.1, 0.15) is 50.6 Å². The van der Waals surface area contributed by atoms with Gasteiger partial charge in [0, 0.05) is 42.3 Å². The van der Waals surface area contributed by atoms with E-state index in [2.05, 4.69) is 5.32 Å². The third kappa shape index (κ3) is 6.24. The molecule has 0 radical (unpaired) electrons. The van der Waals surface area contributed by atoms with Crippen molar-refractivity contribution in [2.24, 2.45) is 7.05 Å². The fourth-order valence-electron chi connectivity index (χ4n) is 6.12. The maximum atomic E-state index is 14.4. The molecule has 0 spiro atoms. The Morgan fingerprint density at radius 2 is 1.78 bits per heavy atom. The summed E-state index contributed by atoms with van der Waals surface area (Å²) < 4.78 is 9.98. The number of alkyl carbamates (subject to hydrolysis) is 1. The average molecular weight is 644 g/mol. The van der Waals surface area contributed by atoms with Gasteiger partial charge in [-0.3, -0.25) is 23.5 Å². The van der Waals surface area contributed by atoms with E-state index in [1.807, 2.05) is 85.7 Å². The van der Waals surface area contributed by atoms with Crippen molar-refractivity contribution in [2.75, 3.05) is 18.0 Å². The molecule has 240 valence electrons. The molecule has 4 heterocycles. The lowest BCUT2D eigenvalue weighted by atomic mass is 10.1. The SMILES string of the molecule is Cc1cc2ccccc2c(Cn2c(=O)c3c(nc(N4CCC[C@@H](NC(=O)OC(C)(C)C)C4)n3Cc3ccccc3Cl)n(C)c2=O)n1. The monoisotopic (exact) mass is 643 g/mol. The number of anilines is 1. The number of amides is 1. The maximum Gasteiger partial charge on any atom is 0.407 e. The van der Waals surface area contributed by atoms with Gasteiger partial charge in [-0.05, 0) is 63.6 Å². The molecule has 1 aliphatic rings. The standard InChI is InChI=1S/C34H38ClN7O4/c1-21-17-22-11-6-8-14-25(22)27(36-21)20-42-30(43)28-29(39(5)33(42)45)38-31(41(28)18-23-12-7-9-15-26(23)35)40-16-10-13-24(19-40)37-32(44)46-34(2,3)4/h6-9,11-12,14-15,17,24H,10,13,16,18-20H2,1-5H3,(H,37,44)/t24-/m1/s1. The summed E-state index contributed by atoms with van der Waals surface area (Å²) in [6.07, 6.45) is 1.07. The van der Waals surface area contributed by atoms with Gasteiger partial charge in [0.15, 0.2) is 11.2 Å². The van der Waals surface area contributed by atoms with Crippen LogP contribution in [0.2, 0.25) is 5.02 Å². The summed E-state index contributed by atoms with van der Waals surface area (Å²) in [4.78, 5) is 52.4. The second-order valence-corrected chi connectivity index (χ2v) is 13.3. The van der Waals surface area contributed by atoms with Crippen molar-refractivity contribution in [2.45, 2.75) is 65.3 Å². The number of ether oxygens (including phenoxy) is 1. The molecule has 0 unspecified atom stereocenters. The summed E-state index contributed by atoms with van der Waals surface area (Å²) in [6, 6.07) is 17.1. The van der Waals surface area contributed by atoms with Crippen molar-refractivity contribution in [1.82, 2.24) is 29.0 Å². The van der Waals surface area contributed by atoms with Gasteiger partial charge in [0.2, 0.25) is 5.95 Å². The highest BCUT2D eigenvalue weighted by molar-refractivity contribution is 6.31. The number of rotatable bonds is 6. The molecule has 0 bridgehead atoms. The predicted octanol–water partition coefficient (Wildman–Crippen LogP) is 5.00. The van der Waals surface area contributed by atoms with E-state index < -0.39 is 22.9 Å². The second kappa shape index (κ2) is 12.3. The molecule has 11 nitrogen and oxygen atoms in total. The number of imidazole rings is 1. The number of fused-ring (bicyclic) bond motifs is 2. The van der Waals surface area contributed by atoms with Crippen LogP contribution in [0.25, 0.3) is 21.9 Å². The molecular weight excluding hydrogens is 606 g/mol. The van der Waals surface area contributed by atoms with Crippen LogP contribution < -0.4 is 21.5 Å². The van der Waals surface area contributed by atoms with Crippen LogP contribution >= 0.6 is 11.6 Å². The minimum Gasteiger partial charge on any atom is -0.444 e. The molecule has 0 saturated carbocycles. The molecule has 46 heavy (non-hydrogen) atoms. The number of hydrogen-bond acceptors (Lipinski definition) is 7. The molecule has 1 aliphatic heterocycles. The highest BCUT2D eigenvalue weighted by atomic mass is 35.5. The maximum absolute atomic E-state index is 14.4. The molecule has 6 rings (SSSR count). The first-order valence-electron chi connectivity index (χ1n) is 15.4. The topological polar surface area (TPSA) is 116 Å². The third-order valence-corrected chi connectivity index (χ3v) is 8.55. The van der Waals surface area contributed by atoms with E-state index in [1.165, 1.54) is 9.13 Å². The van der Waals surface area contributed by atoms with E-state index in [0.29, 0.717) is 29.8 Å². The first-order valence-corrected chi connectivity index (χ1v) is 15.8. The quantitative estimate of drug-likeness (QED) is 0.277. The Balaban J connectivity index is 1.47. The van der Waals surface area contributed by atoms with E-state index in [4.69, 9.17) is 26.3 Å². The number of piperidine rings is 1. The van der Waals surface area contributed by atoms with Crippen molar-refractivity contribution in [3.63, 3.8) is 0 Å². The summed E-state index contributed by atoms with van der Waals surface area (Å²) in [5.74, 6) is 0.523. The van der Waals surface area contributed by atoms with E-state index in [-0.39, 0.29) is 30.3 Å². The van der Waals surface area contributed by atoms with E-state index >= 15 is 0 Å². The number of nitrogens with one attached hydrogen (secondary N) is 1. The highest BCUT2D eigenvalue weighted by Crippen LogP contribution is 2.27. The third-order valence-electron chi connectivity index (χ3n) is 8.18. The number of benzene rings is 2. The zero-order valence-electron chi connectivity index (χ0n) is 26.7. The lowest BCUT2D eigenvalue weighted by Gasteiger charge is -2.34. The Morgan fingerprint density at radius 1 is 1.04 bits per heavy atom. The Labute approximate surface area is 271 Å². The molecule has 2 aromatic carbocycles. The van der Waals surface area contributed by atoms with E-state index in [0.717, 1.165) is 34.9 Å². The Bertz CT molecular complexity index is 2070. The Morgan fingerprint density at radius 3 is 2.54 bits per heavy atom. The fraction of sp³-hybridized carbons (Fsp3) is 0.382. The minimum atomic E-state index is -0.619. The molecule has 5 aromatic rings. The van der Waals surface area contributed by atoms with Gasteiger partial charge in [0.25, 0.3) is 5.56 Å². The van der Waals surface area contributed by atoms with Gasteiger partial charge >= 0.3 is 11.8 Å². The van der Waals surface area contributed by atoms with Crippen LogP contribution in [0.15, 0.2) is 64.2 Å². The smallest absolute Gasteiger partial charge is 0.407 e. The molecule has 3 aromatic heterocycles. The number of aromatic nitrogens is 5. The molecule has 1 atom stereocenters. The van der Waals surface area contributed by atoms with Gasteiger partial charge in [-0.2, -0.15) is 4.98 Å². The van der Waals surface area contributed by atoms with Gasteiger partial charge in [0.1, 0.15) is 5.60 Å². The molecule has 1 N–H and O–H groups in total. The first-order chi connectivity index (χ1) is 21.9. The van der Waals surface area contributed by atoms with Crippen molar-refractivity contribution in [3.05, 3.63) is 97.4 Å². The van der Waals surface area contributed by atoms with Crippen molar-refractivity contribution in [3.8, 4) is 0 Å². The lowest BCUT2D eigenvalue weighted by molar-refractivity contribution is 0.0499. The number of halogens is 1. The van der Waals surface area contributed by atoms with Crippen molar-refractivity contribution in [1.29, 1.82) is 0 Å². The van der Waals surface area contributed by atoms with Crippen LogP contribution in [0.3, 0.4) is 0 Å². The number of carbonyl (C=O) groups is 1. The number of aryl methyl sites for hydroxylation is 2. The molecule has 1 amide bonds. The Hall–Kier alpha value is -4.64. The van der Waals surface area contributed by atoms with Crippen LogP contribution in [-0.4, -0.2) is 54.5 Å². The zero-order valence-corrected chi connectivity index (χ0v) is 27.5. The van der Waals surface area contributed by atoms with Crippen LogP contribution in [0, 0.1) is 6.92 Å². The normalized spacial score (nSPS) is 15.4. The molecule has 1 fully saturated rings. The molecule has 0 aliphatic carbocycles. The Kier molecular flexibility index (Phi) is 8.37. The van der Waals surface area contributed by atoms with Crippen LogP contribution in [0.5, 0.6) is 0 Å². The van der Waals surface area contributed by atoms with Gasteiger partial charge < -0.3 is 15.0 Å². The number of pyridine rings is 1. The number of nitrogens with zero attached hydrogens (tertiary/aromatic N) is 6. The average Bonchev–Trinajstić information content (AvgIpc) is 3.38. The van der Waals surface area contributed by atoms with E-state index in [1.54, 1.807) is 13.1 Å². The van der Waals surface area contributed by atoms with Gasteiger partial charge in [-0.25, -0.2) is 9.59 Å². The highest BCUT2D eigenvalue weighted by Gasteiger charge is 2.29. The molecular formula is C34H38ClN7O4. The second-order valence-electron chi connectivity index (χ2n) is 12.9. The van der Waals surface area contributed by atoms with Gasteiger partial charge in [-0.15, -0.1) is 0 Å². The number of carbonyl (C=O) groups excluding carboxylic acids is 1. The van der Waals surface area contributed by atoms with Crippen molar-refractivity contribution >= 4 is 45.6 Å². The molecule has 1 saturated heterocycles.